The van der Waals surface area contributed by atoms with Crippen molar-refractivity contribution in [2.45, 2.75) is 58.2 Å². The molecule has 4 nitrogen and oxygen atoms in total. The number of nitrogens with zero attached hydrogens (tertiary/aromatic N) is 3. The van der Waals surface area contributed by atoms with Crippen LogP contribution < -0.4 is 0 Å². The van der Waals surface area contributed by atoms with Crippen molar-refractivity contribution < 1.29 is 4.79 Å². The molecule has 1 saturated heterocycles. The number of piperidine rings is 1. The molecule has 0 saturated carbocycles. The summed E-state index contributed by atoms with van der Waals surface area (Å²) in [5.74, 6) is 0.179. The van der Waals surface area contributed by atoms with Gasteiger partial charge in [-0.1, -0.05) is 0 Å². The maximum absolute atomic E-state index is 11.9. The Morgan fingerprint density at radius 1 is 1.09 bits per heavy atom. The summed E-state index contributed by atoms with van der Waals surface area (Å²) in [5, 5.41) is 0. The van der Waals surface area contributed by atoms with E-state index in [1.807, 2.05) is 6.07 Å². The minimum Gasteiger partial charge on any atom is -0.339 e. The Bertz CT molecular complexity index is 574. The first-order valence-electron chi connectivity index (χ1n) is 8.43. The van der Waals surface area contributed by atoms with Crippen LogP contribution in [0.25, 0.3) is 0 Å². The number of rotatable bonds is 1. The molecule has 0 radical (unpaired) electrons. The number of likely N-dealkylation sites (N-methyl/N-ethyl adjacent to an activating group) is 1. The molecule has 2 aliphatic rings. The van der Waals surface area contributed by atoms with E-state index in [0.717, 1.165) is 44.7 Å². The van der Waals surface area contributed by atoms with Gasteiger partial charge in [-0.2, -0.15) is 0 Å². The van der Waals surface area contributed by atoms with Gasteiger partial charge in [0.2, 0.25) is 0 Å². The first-order chi connectivity index (χ1) is 10.3. The molecule has 0 amide bonds. The van der Waals surface area contributed by atoms with Gasteiger partial charge in [0.15, 0.2) is 5.78 Å². The molecule has 3 rings (SSSR count). The molecule has 1 spiro atoms. The molecule has 3 heterocycles. The average Bonchev–Trinajstić information content (AvgIpc) is 2.88. The van der Waals surface area contributed by atoms with E-state index in [1.165, 1.54) is 5.69 Å². The van der Waals surface area contributed by atoms with Crippen molar-refractivity contribution in [2.24, 2.45) is 0 Å². The maximum atomic E-state index is 11.9. The molecular weight excluding hydrogens is 274 g/mol. The summed E-state index contributed by atoms with van der Waals surface area (Å²) in [7, 11) is 2.25. The smallest absolute Gasteiger partial charge is 0.176 e. The van der Waals surface area contributed by atoms with Crippen LogP contribution in [0.15, 0.2) is 12.1 Å². The van der Waals surface area contributed by atoms with Crippen LogP contribution in [0.2, 0.25) is 0 Å². The van der Waals surface area contributed by atoms with Crippen LogP contribution in [0.3, 0.4) is 0 Å². The third-order valence-electron chi connectivity index (χ3n) is 5.75. The highest BCUT2D eigenvalue weighted by Crippen LogP contribution is 2.42. The first kappa shape index (κ1) is 15.8. The van der Waals surface area contributed by atoms with E-state index in [9.17, 15) is 4.79 Å². The highest BCUT2D eigenvalue weighted by atomic mass is 16.1. The molecule has 0 unspecified atom stereocenters. The zero-order chi connectivity index (χ0) is 16.1. The molecule has 1 aromatic heterocycles. The number of carbonyl (C=O) groups excluding carboxylic acids is 1. The molecule has 4 heteroatoms. The third-order valence-corrected chi connectivity index (χ3v) is 5.75. The van der Waals surface area contributed by atoms with Crippen molar-refractivity contribution in [1.29, 1.82) is 0 Å². The number of Topliss-reactive ketones (excluding diaryl/α,β-unsaturated/α-hetero) is 1. The van der Waals surface area contributed by atoms with Gasteiger partial charge in [-0.05, 0) is 52.8 Å². The fourth-order valence-electron chi connectivity index (χ4n) is 4.27. The van der Waals surface area contributed by atoms with Crippen LogP contribution in [0.1, 0.15) is 56.7 Å². The quantitative estimate of drug-likeness (QED) is 0.747. The highest BCUT2D eigenvalue weighted by molar-refractivity contribution is 5.92. The van der Waals surface area contributed by atoms with Crippen molar-refractivity contribution in [3.63, 3.8) is 0 Å². The second-order valence-corrected chi connectivity index (χ2v) is 7.92. The Hall–Kier alpha value is -1.13. The first-order valence-corrected chi connectivity index (χ1v) is 8.43. The van der Waals surface area contributed by atoms with Crippen molar-refractivity contribution in [2.75, 3.05) is 26.7 Å². The highest BCUT2D eigenvalue weighted by Gasteiger charge is 2.45. The summed E-state index contributed by atoms with van der Waals surface area (Å²) in [6.07, 6.45) is 2.28. The van der Waals surface area contributed by atoms with Crippen LogP contribution in [-0.2, 0) is 12.1 Å². The lowest BCUT2D eigenvalue weighted by molar-refractivity contribution is -0.0137. The largest absolute Gasteiger partial charge is 0.339 e. The van der Waals surface area contributed by atoms with Gasteiger partial charge in [-0.3, -0.25) is 14.6 Å². The van der Waals surface area contributed by atoms with Crippen molar-refractivity contribution in [3.8, 4) is 0 Å². The lowest BCUT2D eigenvalue weighted by Gasteiger charge is -2.52. The predicted molar refractivity (Wildman–Crippen MR) is 89.3 cm³/mol. The molecule has 2 aliphatic heterocycles. The van der Waals surface area contributed by atoms with Gasteiger partial charge in [-0.15, -0.1) is 0 Å². The number of fused-ring (bicyclic) bond motifs is 2. The van der Waals surface area contributed by atoms with Crippen LogP contribution in [0.4, 0.5) is 0 Å². The Morgan fingerprint density at radius 2 is 1.73 bits per heavy atom. The van der Waals surface area contributed by atoms with Gasteiger partial charge in [-0.25, -0.2) is 0 Å². The average molecular weight is 303 g/mol. The van der Waals surface area contributed by atoms with E-state index in [-0.39, 0.29) is 16.9 Å². The number of likely N-dealkylation sites (tertiary alicyclic amines) is 1. The summed E-state index contributed by atoms with van der Waals surface area (Å²) in [5.41, 5.74) is 2.57. The number of hydrogen-bond donors (Lipinski definition) is 0. The molecule has 1 aromatic rings. The maximum Gasteiger partial charge on any atom is 0.176 e. The zero-order valence-corrected chi connectivity index (χ0v) is 14.6. The molecule has 0 bridgehead atoms. The van der Waals surface area contributed by atoms with E-state index < -0.39 is 0 Å². The van der Waals surface area contributed by atoms with Gasteiger partial charge in [0.1, 0.15) is 0 Å². The lowest BCUT2D eigenvalue weighted by Crippen LogP contribution is -2.58. The van der Waals surface area contributed by atoms with Gasteiger partial charge < -0.3 is 4.57 Å². The van der Waals surface area contributed by atoms with Gasteiger partial charge in [0.25, 0.3) is 0 Å². The SMILES string of the molecule is CC(=O)c1ccc2n1CCN(C)C21CCN(C(C)(C)C)CC1. The summed E-state index contributed by atoms with van der Waals surface area (Å²) in [4.78, 5) is 17.0. The second-order valence-electron chi connectivity index (χ2n) is 7.92. The molecule has 0 aromatic carbocycles. The Balaban J connectivity index is 1.94. The van der Waals surface area contributed by atoms with Crippen molar-refractivity contribution >= 4 is 5.78 Å². The Labute approximate surface area is 134 Å². The molecule has 22 heavy (non-hydrogen) atoms. The minimum absolute atomic E-state index is 0.105. The van der Waals surface area contributed by atoms with Crippen LogP contribution >= 0.6 is 0 Å². The second kappa shape index (κ2) is 5.20. The van der Waals surface area contributed by atoms with E-state index in [2.05, 4.69) is 48.3 Å². The summed E-state index contributed by atoms with van der Waals surface area (Å²) in [6.45, 7) is 12.8. The molecular formula is C18H29N3O. The summed E-state index contributed by atoms with van der Waals surface area (Å²) >= 11 is 0. The normalized spacial score (nSPS) is 22.8. The Morgan fingerprint density at radius 3 is 2.27 bits per heavy atom. The fourth-order valence-corrected chi connectivity index (χ4v) is 4.27. The van der Waals surface area contributed by atoms with Gasteiger partial charge >= 0.3 is 0 Å². The van der Waals surface area contributed by atoms with E-state index >= 15 is 0 Å². The van der Waals surface area contributed by atoms with E-state index in [0.29, 0.717) is 0 Å². The molecule has 122 valence electrons. The fraction of sp³-hybridized carbons (Fsp3) is 0.722. The van der Waals surface area contributed by atoms with Gasteiger partial charge in [0.05, 0.1) is 11.2 Å². The van der Waals surface area contributed by atoms with Crippen LogP contribution in [0.5, 0.6) is 0 Å². The molecule has 0 atom stereocenters. The number of aromatic nitrogens is 1. The number of carbonyl (C=O) groups is 1. The molecule has 0 N–H and O–H groups in total. The van der Waals surface area contributed by atoms with Gasteiger partial charge in [0, 0.05) is 44.3 Å². The van der Waals surface area contributed by atoms with Crippen molar-refractivity contribution in [3.05, 3.63) is 23.5 Å². The number of hydrogen-bond acceptors (Lipinski definition) is 3. The third kappa shape index (κ3) is 2.33. The zero-order valence-electron chi connectivity index (χ0n) is 14.6. The van der Waals surface area contributed by atoms with Crippen LogP contribution in [0, 0.1) is 0 Å². The summed E-state index contributed by atoms with van der Waals surface area (Å²) in [6, 6.07) is 4.22. The van der Waals surface area contributed by atoms with Crippen molar-refractivity contribution in [1.82, 2.24) is 14.4 Å². The molecule has 1 fully saturated rings. The molecule has 0 aliphatic carbocycles. The number of ketones is 1. The Kier molecular flexibility index (Phi) is 3.73. The summed E-state index contributed by atoms with van der Waals surface area (Å²) < 4.78 is 2.27. The van der Waals surface area contributed by atoms with E-state index in [4.69, 9.17) is 0 Å². The predicted octanol–water partition coefficient (Wildman–Crippen LogP) is 2.73. The minimum atomic E-state index is 0.105. The lowest BCUT2D eigenvalue weighted by atomic mass is 9.80. The monoisotopic (exact) mass is 303 g/mol. The topological polar surface area (TPSA) is 28.5 Å². The van der Waals surface area contributed by atoms with Crippen LogP contribution in [-0.4, -0.2) is 52.4 Å². The van der Waals surface area contributed by atoms with E-state index in [1.54, 1.807) is 6.92 Å². The standard InChI is InChI=1S/C18H29N3O/c1-14(22)15-6-7-16-18(19(5)12-13-21(15)16)8-10-20(11-9-18)17(2,3)4/h6-7H,8-13H2,1-5H3.